The van der Waals surface area contributed by atoms with Crippen LogP contribution in [0.15, 0.2) is 78.2 Å². The lowest BCUT2D eigenvalue weighted by atomic mass is 10.2. The highest BCUT2D eigenvalue weighted by Crippen LogP contribution is 2.30. The van der Waals surface area contributed by atoms with Gasteiger partial charge in [0.1, 0.15) is 5.75 Å². The molecule has 0 saturated carbocycles. The number of methoxy groups -OCH3 is 1. The minimum atomic E-state index is -0.405. The van der Waals surface area contributed by atoms with Gasteiger partial charge in [-0.15, -0.1) is 10.2 Å². The number of non-ortho nitro benzene ring substituents is 1. The van der Waals surface area contributed by atoms with Crippen LogP contribution in [0.25, 0.3) is 17.1 Å². The molecule has 2 heterocycles. The van der Waals surface area contributed by atoms with Crippen LogP contribution in [0.5, 0.6) is 5.75 Å². The Bertz CT molecular complexity index is 1150. The highest BCUT2D eigenvalue weighted by atomic mass is 32.2. The van der Waals surface area contributed by atoms with Crippen LogP contribution in [0.1, 0.15) is 5.56 Å². The zero-order chi connectivity index (χ0) is 20.9. The molecule has 0 fully saturated rings. The number of hydrogen-bond donors (Lipinski definition) is 0. The molecule has 0 unspecified atom stereocenters. The number of nitro benzene ring substituents is 1. The molecule has 0 aliphatic carbocycles. The van der Waals surface area contributed by atoms with Gasteiger partial charge in [0, 0.05) is 41.5 Å². The summed E-state index contributed by atoms with van der Waals surface area (Å²) in [6.07, 6.45) is 3.46. The Morgan fingerprint density at radius 2 is 1.83 bits per heavy atom. The monoisotopic (exact) mass is 419 g/mol. The van der Waals surface area contributed by atoms with E-state index in [4.69, 9.17) is 4.74 Å². The Kier molecular flexibility index (Phi) is 5.71. The first kappa shape index (κ1) is 19.6. The minimum absolute atomic E-state index is 0.0732. The van der Waals surface area contributed by atoms with Gasteiger partial charge in [-0.3, -0.25) is 19.7 Å². The van der Waals surface area contributed by atoms with Crippen molar-refractivity contribution in [1.82, 2.24) is 19.7 Å². The topological polar surface area (TPSA) is 96.0 Å². The van der Waals surface area contributed by atoms with E-state index in [1.165, 1.54) is 23.9 Å². The molecule has 2 aromatic carbocycles. The lowest BCUT2D eigenvalue weighted by Crippen LogP contribution is -2.00. The quantitative estimate of drug-likeness (QED) is 0.246. The summed E-state index contributed by atoms with van der Waals surface area (Å²) < 4.78 is 7.22. The fourth-order valence-corrected chi connectivity index (χ4v) is 3.78. The van der Waals surface area contributed by atoms with Crippen LogP contribution >= 0.6 is 11.8 Å². The predicted octanol–water partition coefficient (Wildman–Crippen LogP) is 4.54. The van der Waals surface area contributed by atoms with Crippen LogP contribution < -0.4 is 4.74 Å². The normalized spacial score (nSPS) is 10.7. The molecule has 150 valence electrons. The van der Waals surface area contributed by atoms with Crippen molar-refractivity contribution in [1.29, 1.82) is 0 Å². The van der Waals surface area contributed by atoms with E-state index in [-0.39, 0.29) is 5.69 Å². The van der Waals surface area contributed by atoms with Crippen molar-refractivity contribution in [3.05, 3.63) is 88.7 Å². The SMILES string of the molecule is COc1ccc(-n2c(SCc3ccc([N+](=O)[O-])cc3)nnc2-c2cccnc2)cc1. The molecule has 0 N–H and O–H groups in total. The minimum Gasteiger partial charge on any atom is -0.497 e. The zero-order valence-electron chi connectivity index (χ0n) is 16.0. The molecule has 4 aromatic rings. The second-order valence-electron chi connectivity index (χ2n) is 6.29. The Balaban J connectivity index is 1.66. The Morgan fingerprint density at radius 3 is 2.47 bits per heavy atom. The van der Waals surface area contributed by atoms with E-state index in [1.54, 1.807) is 31.6 Å². The fourth-order valence-electron chi connectivity index (χ4n) is 2.87. The first-order valence-corrected chi connectivity index (χ1v) is 10.0. The van der Waals surface area contributed by atoms with Gasteiger partial charge >= 0.3 is 0 Å². The van der Waals surface area contributed by atoms with Gasteiger partial charge in [-0.25, -0.2) is 0 Å². The molecule has 2 aromatic heterocycles. The fraction of sp³-hybridized carbons (Fsp3) is 0.0952. The average Bonchev–Trinajstić information content (AvgIpc) is 3.22. The van der Waals surface area contributed by atoms with Crippen LogP contribution in [-0.2, 0) is 5.75 Å². The zero-order valence-corrected chi connectivity index (χ0v) is 16.8. The first-order chi connectivity index (χ1) is 14.7. The molecular weight excluding hydrogens is 402 g/mol. The van der Waals surface area contributed by atoms with Crippen molar-refractivity contribution in [2.45, 2.75) is 10.9 Å². The maximum Gasteiger partial charge on any atom is 0.269 e. The second-order valence-corrected chi connectivity index (χ2v) is 7.24. The maximum atomic E-state index is 10.8. The molecule has 0 bridgehead atoms. The number of hydrogen-bond acceptors (Lipinski definition) is 7. The smallest absolute Gasteiger partial charge is 0.269 e. The molecule has 9 heteroatoms. The molecule has 4 rings (SSSR count). The van der Waals surface area contributed by atoms with Gasteiger partial charge in [0.25, 0.3) is 5.69 Å². The summed E-state index contributed by atoms with van der Waals surface area (Å²) in [6.45, 7) is 0. The third-order valence-corrected chi connectivity index (χ3v) is 5.40. The van der Waals surface area contributed by atoms with Gasteiger partial charge in [0.05, 0.1) is 12.0 Å². The lowest BCUT2D eigenvalue weighted by Gasteiger charge is -2.11. The highest BCUT2D eigenvalue weighted by molar-refractivity contribution is 7.98. The molecule has 0 aliphatic heterocycles. The van der Waals surface area contributed by atoms with E-state index < -0.39 is 4.92 Å². The van der Waals surface area contributed by atoms with E-state index >= 15 is 0 Å². The van der Waals surface area contributed by atoms with Crippen molar-refractivity contribution in [2.24, 2.45) is 0 Å². The molecular formula is C21H17N5O3S. The molecule has 30 heavy (non-hydrogen) atoms. The van der Waals surface area contributed by atoms with Crippen LogP contribution in [0.3, 0.4) is 0 Å². The Hall–Kier alpha value is -3.72. The van der Waals surface area contributed by atoms with E-state index in [0.717, 1.165) is 22.6 Å². The average molecular weight is 419 g/mol. The van der Waals surface area contributed by atoms with Gasteiger partial charge in [-0.2, -0.15) is 0 Å². The van der Waals surface area contributed by atoms with Gasteiger partial charge in [-0.05, 0) is 42.0 Å². The molecule has 8 nitrogen and oxygen atoms in total. The summed E-state index contributed by atoms with van der Waals surface area (Å²) in [6, 6.07) is 17.9. The summed E-state index contributed by atoms with van der Waals surface area (Å²) in [5, 5.41) is 20.3. The number of nitro groups is 1. The number of aromatic nitrogens is 4. The Morgan fingerprint density at radius 1 is 1.07 bits per heavy atom. The van der Waals surface area contributed by atoms with E-state index in [9.17, 15) is 10.1 Å². The number of pyridine rings is 1. The number of rotatable bonds is 7. The molecule has 0 saturated heterocycles. The summed E-state index contributed by atoms with van der Waals surface area (Å²) in [7, 11) is 1.63. The van der Waals surface area contributed by atoms with E-state index in [1.807, 2.05) is 41.0 Å². The number of ether oxygens (including phenoxy) is 1. The first-order valence-electron chi connectivity index (χ1n) is 9.02. The standard InChI is InChI=1S/C21H17N5O3S/c1-29-19-10-8-17(9-11-19)25-20(16-3-2-12-22-13-16)23-24-21(25)30-14-15-4-6-18(7-5-15)26(27)28/h2-13H,14H2,1H3. The summed E-state index contributed by atoms with van der Waals surface area (Å²) in [4.78, 5) is 14.6. The highest BCUT2D eigenvalue weighted by Gasteiger charge is 2.17. The summed E-state index contributed by atoms with van der Waals surface area (Å²) in [5.41, 5.74) is 2.77. The van der Waals surface area contributed by atoms with Crippen LogP contribution in [-0.4, -0.2) is 31.8 Å². The van der Waals surface area contributed by atoms with Crippen molar-refractivity contribution in [3.8, 4) is 22.8 Å². The van der Waals surface area contributed by atoms with Crippen molar-refractivity contribution in [2.75, 3.05) is 7.11 Å². The van der Waals surface area contributed by atoms with Crippen LogP contribution in [0.4, 0.5) is 5.69 Å². The summed E-state index contributed by atoms with van der Waals surface area (Å²) in [5.74, 6) is 2.04. The molecule has 0 spiro atoms. The number of benzene rings is 2. The van der Waals surface area contributed by atoms with Crippen LogP contribution in [0, 0.1) is 10.1 Å². The molecule has 0 amide bonds. The van der Waals surface area contributed by atoms with Crippen molar-refractivity contribution in [3.63, 3.8) is 0 Å². The van der Waals surface area contributed by atoms with Gasteiger partial charge in [0.2, 0.25) is 0 Å². The summed E-state index contributed by atoms with van der Waals surface area (Å²) >= 11 is 1.50. The second kappa shape index (κ2) is 8.75. The van der Waals surface area contributed by atoms with Crippen molar-refractivity contribution < 1.29 is 9.66 Å². The Labute approximate surface area is 176 Å². The van der Waals surface area contributed by atoms with Crippen molar-refractivity contribution >= 4 is 17.4 Å². The van der Waals surface area contributed by atoms with Gasteiger partial charge < -0.3 is 4.74 Å². The number of nitrogens with zero attached hydrogens (tertiary/aromatic N) is 5. The molecule has 0 radical (unpaired) electrons. The van der Waals surface area contributed by atoms with Gasteiger partial charge in [-0.1, -0.05) is 23.9 Å². The van der Waals surface area contributed by atoms with E-state index in [2.05, 4.69) is 15.2 Å². The maximum absolute atomic E-state index is 10.8. The molecule has 0 atom stereocenters. The van der Waals surface area contributed by atoms with E-state index in [0.29, 0.717) is 16.7 Å². The molecule has 0 aliphatic rings. The predicted molar refractivity (Wildman–Crippen MR) is 114 cm³/mol. The van der Waals surface area contributed by atoms with Gasteiger partial charge in [0.15, 0.2) is 11.0 Å². The largest absolute Gasteiger partial charge is 0.497 e. The third-order valence-electron chi connectivity index (χ3n) is 4.40. The van der Waals surface area contributed by atoms with Crippen LogP contribution in [0.2, 0.25) is 0 Å². The third kappa shape index (κ3) is 4.15. The lowest BCUT2D eigenvalue weighted by molar-refractivity contribution is -0.384. The number of thioether (sulfide) groups is 1.